The molecular weight excluding hydrogens is 459 g/mol. The second-order valence-electron chi connectivity index (χ2n) is 8.14. The van der Waals surface area contributed by atoms with Gasteiger partial charge >= 0.3 is 5.97 Å². The highest BCUT2D eigenvalue weighted by molar-refractivity contribution is 6.00. The fourth-order valence-corrected chi connectivity index (χ4v) is 4.04. The monoisotopic (exact) mass is 484 g/mol. The minimum Gasteiger partial charge on any atom is -0.496 e. The number of benzene rings is 1. The molecular formula is C24H25FN4O6. The van der Waals surface area contributed by atoms with Crippen LogP contribution in [0.15, 0.2) is 35.0 Å². The van der Waals surface area contributed by atoms with E-state index in [0.29, 0.717) is 24.3 Å². The first kappa shape index (κ1) is 24.1. The summed E-state index contributed by atoms with van der Waals surface area (Å²) in [5.74, 6) is -0.758. The predicted molar refractivity (Wildman–Crippen MR) is 121 cm³/mol. The molecule has 35 heavy (non-hydrogen) atoms. The first-order valence-electron chi connectivity index (χ1n) is 11.0. The first-order valence-corrected chi connectivity index (χ1v) is 11.0. The van der Waals surface area contributed by atoms with Crippen molar-refractivity contribution in [1.29, 1.82) is 0 Å². The number of esters is 1. The third-order valence-electron chi connectivity index (χ3n) is 5.85. The number of aryl methyl sites for hydroxylation is 1. The Morgan fingerprint density at radius 2 is 2.00 bits per heavy atom. The summed E-state index contributed by atoms with van der Waals surface area (Å²) in [4.78, 5) is 35.9. The van der Waals surface area contributed by atoms with Gasteiger partial charge in [0.15, 0.2) is 5.56 Å². The lowest BCUT2D eigenvalue weighted by atomic mass is 9.98. The number of carbonyl (C=O) groups excluding carboxylic acids is 2. The van der Waals surface area contributed by atoms with Crippen molar-refractivity contribution in [3.05, 3.63) is 53.3 Å². The normalized spacial score (nSPS) is 17.7. The van der Waals surface area contributed by atoms with Crippen molar-refractivity contribution in [3.63, 3.8) is 0 Å². The molecule has 3 aromatic rings. The molecule has 2 atom stereocenters. The molecule has 184 valence electrons. The van der Waals surface area contributed by atoms with Gasteiger partial charge in [-0.05, 0) is 44.0 Å². The van der Waals surface area contributed by atoms with Crippen LogP contribution in [0.2, 0.25) is 0 Å². The van der Waals surface area contributed by atoms with Gasteiger partial charge in [0.2, 0.25) is 17.6 Å². The van der Waals surface area contributed by atoms with Crippen molar-refractivity contribution >= 4 is 11.9 Å². The van der Waals surface area contributed by atoms with Crippen LogP contribution in [0.1, 0.15) is 46.4 Å². The third-order valence-corrected chi connectivity index (χ3v) is 5.85. The van der Waals surface area contributed by atoms with Crippen molar-refractivity contribution < 1.29 is 32.7 Å². The van der Waals surface area contributed by atoms with Gasteiger partial charge in [-0.1, -0.05) is 5.16 Å². The van der Waals surface area contributed by atoms with E-state index in [9.17, 15) is 14.0 Å². The molecule has 0 saturated carbocycles. The van der Waals surface area contributed by atoms with Crippen molar-refractivity contribution in [2.75, 3.05) is 20.8 Å². The Kier molecular flexibility index (Phi) is 6.94. The van der Waals surface area contributed by atoms with E-state index >= 15 is 0 Å². The minimum atomic E-state index is -0.651. The Hall–Kier alpha value is -4.02. The lowest BCUT2D eigenvalue weighted by Crippen LogP contribution is -2.49. The summed E-state index contributed by atoms with van der Waals surface area (Å²) < 4.78 is 35.4. The Balaban J connectivity index is 1.61. The highest BCUT2D eigenvalue weighted by atomic mass is 19.1. The Bertz CT molecular complexity index is 1250. The molecule has 1 aliphatic heterocycles. The number of aromatic nitrogens is 3. The zero-order chi connectivity index (χ0) is 25.1. The molecule has 0 spiro atoms. The van der Waals surface area contributed by atoms with Crippen molar-refractivity contribution in [3.8, 4) is 23.0 Å². The van der Waals surface area contributed by atoms with E-state index in [4.69, 9.17) is 18.7 Å². The van der Waals surface area contributed by atoms with Crippen LogP contribution in [-0.4, -0.2) is 64.8 Å². The number of nitrogens with zero attached hydrogens (tertiary/aromatic N) is 4. The van der Waals surface area contributed by atoms with Gasteiger partial charge in [0.05, 0.1) is 26.3 Å². The highest BCUT2D eigenvalue weighted by Crippen LogP contribution is 2.31. The van der Waals surface area contributed by atoms with Crippen LogP contribution in [0, 0.1) is 12.7 Å². The third kappa shape index (κ3) is 4.93. The van der Waals surface area contributed by atoms with Crippen LogP contribution < -0.4 is 9.47 Å². The molecule has 1 saturated heterocycles. The van der Waals surface area contributed by atoms with Gasteiger partial charge in [-0.25, -0.2) is 14.2 Å². The van der Waals surface area contributed by atoms with E-state index in [1.165, 1.54) is 44.7 Å². The molecule has 10 nitrogen and oxygen atoms in total. The molecule has 4 rings (SSSR count). The standard InChI is InChI=1S/C24H25FN4O6/c1-13-5-7-16(34-22-20(24(31)33-4)19(32-3)9-10-26-22)12-29(13)23(30)18-11-15(25)6-8-17(18)21-27-14(2)35-28-21/h6,8-11,13,16H,5,7,12H2,1-4H3/t13-,16-/m1/s1. The quantitative estimate of drug-likeness (QED) is 0.485. The predicted octanol–water partition coefficient (Wildman–Crippen LogP) is 3.45. The second kappa shape index (κ2) is 10.1. The summed E-state index contributed by atoms with van der Waals surface area (Å²) in [5.41, 5.74) is 0.549. The second-order valence-corrected chi connectivity index (χ2v) is 8.14. The van der Waals surface area contributed by atoms with Crippen LogP contribution in [0.25, 0.3) is 11.4 Å². The molecule has 0 aliphatic carbocycles. The average Bonchev–Trinajstić information content (AvgIpc) is 3.30. The van der Waals surface area contributed by atoms with E-state index in [-0.39, 0.29) is 41.2 Å². The number of amides is 1. The van der Waals surface area contributed by atoms with E-state index in [1.54, 1.807) is 11.8 Å². The van der Waals surface area contributed by atoms with E-state index < -0.39 is 23.8 Å². The number of hydrogen-bond acceptors (Lipinski definition) is 9. The lowest BCUT2D eigenvalue weighted by Gasteiger charge is -2.38. The number of piperidine rings is 1. The number of pyridine rings is 1. The van der Waals surface area contributed by atoms with Gasteiger partial charge in [0.1, 0.15) is 17.7 Å². The number of rotatable bonds is 6. The Morgan fingerprint density at radius 1 is 1.20 bits per heavy atom. The molecule has 1 aromatic carbocycles. The lowest BCUT2D eigenvalue weighted by molar-refractivity contribution is 0.0358. The van der Waals surface area contributed by atoms with Crippen LogP contribution in [-0.2, 0) is 4.74 Å². The van der Waals surface area contributed by atoms with Gasteiger partial charge in [0.25, 0.3) is 5.91 Å². The Morgan fingerprint density at radius 3 is 2.69 bits per heavy atom. The fraction of sp³-hybridized carbons (Fsp3) is 0.375. The summed E-state index contributed by atoms with van der Waals surface area (Å²) in [6.07, 6.45) is 2.23. The zero-order valence-electron chi connectivity index (χ0n) is 19.8. The number of hydrogen-bond donors (Lipinski definition) is 0. The van der Waals surface area contributed by atoms with Gasteiger partial charge in [-0.15, -0.1) is 0 Å². The minimum absolute atomic E-state index is 0.0527. The van der Waals surface area contributed by atoms with Crippen LogP contribution in [0.4, 0.5) is 4.39 Å². The zero-order valence-corrected chi connectivity index (χ0v) is 19.8. The molecule has 0 unspecified atom stereocenters. The van der Waals surface area contributed by atoms with Crippen LogP contribution in [0.3, 0.4) is 0 Å². The SMILES string of the molecule is COC(=O)c1c(OC)ccnc1O[C@@H]1CC[C@@H](C)N(C(=O)c2cc(F)ccc2-c2noc(C)n2)C1. The van der Waals surface area contributed by atoms with E-state index in [0.717, 1.165) is 0 Å². The molecule has 3 heterocycles. The molecule has 2 aromatic heterocycles. The Labute approximate surface area is 201 Å². The largest absolute Gasteiger partial charge is 0.496 e. The van der Waals surface area contributed by atoms with Gasteiger partial charge in [-0.3, -0.25) is 4.79 Å². The van der Waals surface area contributed by atoms with Crippen LogP contribution in [0.5, 0.6) is 11.6 Å². The first-order chi connectivity index (χ1) is 16.8. The van der Waals surface area contributed by atoms with Gasteiger partial charge in [0, 0.05) is 24.7 Å². The maximum Gasteiger partial charge on any atom is 0.347 e. The highest BCUT2D eigenvalue weighted by Gasteiger charge is 2.34. The van der Waals surface area contributed by atoms with Crippen LogP contribution >= 0.6 is 0 Å². The molecule has 1 fully saturated rings. The summed E-state index contributed by atoms with van der Waals surface area (Å²) in [5, 5.41) is 3.88. The fourth-order valence-electron chi connectivity index (χ4n) is 4.04. The van der Waals surface area contributed by atoms with Crippen molar-refractivity contribution in [2.24, 2.45) is 0 Å². The van der Waals surface area contributed by atoms with Crippen molar-refractivity contribution in [2.45, 2.75) is 38.8 Å². The molecule has 1 aliphatic rings. The molecule has 0 bridgehead atoms. The van der Waals surface area contributed by atoms with Gasteiger partial charge < -0.3 is 23.6 Å². The summed E-state index contributed by atoms with van der Waals surface area (Å²) >= 11 is 0. The number of carbonyl (C=O) groups is 2. The van der Waals surface area contributed by atoms with Gasteiger partial charge in [-0.2, -0.15) is 4.98 Å². The number of ether oxygens (including phenoxy) is 3. The molecule has 11 heteroatoms. The molecule has 1 amide bonds. The molecule has 0 radical (unpaired) electrons. The maximum absolute atomic E-state index is 14.2. The average molecular weight is 484 g/mol. The van der Waals surface area contributed by atoms with E-state index in [2.05, 4.69) is 15.1 Å². The maximum atomic E-state index is 14.2. The molecule has 0 N–H and O–H groups in total. The number of methoxy groups -OCH3 is 2. The summed E-state index contributed by atoms with van der Waals surface area (Å²) in [7, 11) is 2.68. The van der Waals surface area contributed by atoms with Crippen molar-refractivity contribution in [1.82, 2.24) is 20.0 Å². The number of likely N-dealkylation sites (tertiary alicyclic amines) is 1. The summed E-state index contributed by atoms with van der Waals surface area (Å²) in [6, 6.07) is 5.26. The number of halogens is 1. The smallest absolute Gasteiger partial charge is 0.347 e. The van der Waals surface area contributed by atoms with E-state index in [1.807, 2.05) is 6.92 Å². The topological polar surface area (TPSA) is 117 Å². The summed E-state index contributed by atoms with van der Waals surface area (Å²) in [6.45, 7) is 3.74.